The van der Waals surface area contributed by atoms with Crippen molar-refractivity contribution in [1.29, 1.82) is 0 Å². The first kappa shape index (κ1) is 16.5. The van der Waals surface area contributed by atoms with Crippen molar-refractivity contribution in [3.05, 3.63) is 78.6 Å². The van der Waals surface area contributed by atoms with Crippen LogP contribution in [-0.4, -0.2) is 22.8 Å². The number of nitrogens with zero attached hydrogens (tertiary/aromatic N) is 3. The molecule has 4 heteroatoms. The minimum atomic E-state index is 0.375. The summed E-state index contributed by atoms with van der Waals surface area (Å²) >= 11 is 0. The first-order valence-electron chi connectivity index (χ1n) is 8.75. The molecule has 1 unspecified atom stereocenters. The lowest BCUT2D eigenvalue weighted by Crippen LogP contribution is -2.09. The molecule has 1 heterocycles. The maximum Gasteiger partial charge on any atom is 0.164 e. The molecule has 1 atom stereocenters. The third-order valence-electron chi connectivity index (χ3n) is 4.50. The summed E-state index contributed by atoms with van der Waals surface area (Å²) in [5, 5.41) is 0. The molecule has 3 nitrogen and oxygen atoms in total. The summed E-state index contributed by atoms with van der Waals surface area (Å²) < 4.78 is 0. The molecule has 4 rings (SSSR count). The van der Waals surface area contributed by atoms with E-state index in [1.54, 1.807) is 0 Å². The van der Waals surface area contributed by atoms with Crippen LogP contribution in [0.3, 0.4) is 0 Å². The van der Waals surface area contributed by atoms with Crippen LogP contribution in [0.5, 0.6) is 0 Å². The second-order valence-corrected chi connectivity index (χ2v) is 6.48. The van der Waals surface area contributed by atoms with Crippen LogP contribution >= 0.6 is 0 Å². The van der Waals surface area contributed by atoms with E-state index in [1.807, 2.05) is 54.6 Å². The van der Waals surface area contributed by atoms with E-state index in [0.717, 1.165) is 28.9 Å². The predicted octanol–water partition coefficient (Wildman–Crippen LogP) is 3.98. The second-order valence-electron chi connectivity index (χ2n) is 6.48. The maximum atomic E-state index is 5.96. The zero-order valence-corrected chi connectivity index (χ0v) is 14.6. The lowest BCUT2D eigenvalue weighted by atomic mass is 9.92. The topological polar surface area (TPSA) is 38.7 Å². The van der Waals surface area contributed by atoms with Gasteiger partial charge in [0.15, 0.2) is 17.5 Å². The fraction of sp³-hybridized carbons (Fsp3) is 0.136. The van der Waals surface area contributed by atoms with E-state index in [9.17, 15) is 0 Å². The number of rotatable bonds is 3. The predicted molar refractivity (Wildman–Crippen MR) is 107 cm³/mol. The second kappa shape index (κ2) is 7.08. The molecule has 124 valence electrons. The Bertz CT molecular complexity index is 993. The molecule has 1 aliphatic carbocycles. The fourth-order valence-electron chi connectivity index (χ4n) is 3.07. The van der Waals surface area contributed by atoms with Crippen molar-refractivity contribution in [2.45, 2.75) is 13.3 Å². The standard InChI is InChI=1S/C22H18BN3/c1-15-8-5-6-13-19(15)22-25-20(16-9-3-2-4-10-16)24-21(26-22)17-11-7-12-18(23)14-17/h2-7,9-15H,8H2,1H3. The minimum absolute atomic E-state index is 0.375. The Morgan fingerprint density at radius 2 is 1.54 bits per heavy atom. The van der Waals surface area contributed by atoms with Crippen molar-refractivity contribution in [3.63, 3.8) is 0 Å². The monoisotopic (exact) mass is 335 g/mol. The van der Waals surface area contributed by atoms with E-state index in [1.165, 1.54) is 0 Å². The van der Waals surface area contributed by atoms with Gasteiger partial charge in [0.25, 0.3) is 0 Å². The quantitative estimate of drug-likeness (QED) is 0.680. The van der Waals surface area contributed by atoms with Crippen LogP contribution in [-0.2, 0) is 0 Å². The summed E-state index contributed by atoms with van der Waals surface area (Å²) in [6.45, 7) is 2.20. The van der Waals surface area contributed by atoms with E-state index >= 15 is 0 Å². The maximum absolute atomic E-state index is 5.96. The molecule has 0 aliphatic heterocycles. The van der Waals surface area contributed by atoms with Gasteiger partial charge in [-0.15, -0.1) is 0 Å². The van der Waals surface area contributed by atoms with Crippen molar-refractivity contribution < 1.29 is 0 Å². The van der Waals surface area contributed by atoms with E-state index < -0.39 is 0 Å². The molecule has 1 aromatic heterocycles. The van der Waals surface area contributed by atoms with Crippen LogP contribution in [0.25, 0.3) is 28.3 Å². The highest BCUT2D eigenvalue weighted by molar-refractivity contribution is 6.32. The van der Waals surface area contributed by atoms with Crippen molar-refractivity contribution in [2.75, 3.05) is 0 Å². The van der Waals surface area contributed by atoms with Crippen LogP contribution < -0.4 is 5.46 Å². The Morgan fingerprint density at radius 1 is 0.846 bits per heavy atom. The molecule has 2 radical (unpaired) electrons. The zero-order valence-electron chi connectivity index (χ0n) is 14.6. The molecule has 0 amide bonds. The lowest BCUT2D eigenvalue weighted by molar-refractivity contribution is 0.747. The van der Waals surface area contributed by atoms with Gasteiger partial charge in [-0.2, -0.15) is 0 Å². The Balaban J connectivity index is 1.90. The lowest BCUT2D eigenvalue weighted by Gasteiger charge is -2.17. The highest BCUT2D eigenvalue weighted by Gasteiger charge is 2.18. The summed E-state index contributed by atoms with van der Waals surface area (Å²) in [6.07, 6.45) is 7.33. The molecule has 1 aliphatic rings. The number of aromatic nitrogens is 3. The van der Waals surface area contributed by atoms with Gasteiger partial charge < -0.3 is 0 Å². The summed E-state index contributed by atoms with van der Waals surface area (Å²) in [4.78, 5) is 14.2. The molecule has 0 saturated carbocycles. The number of allylic oxidation sites excluding steroid dienone is 4. The van der Waals surface area contributed by atoms with Gasteiger partial charge in [-0.1, -0.05) is 85.2 Å². The van der Waals surface area contributed by atoms with E-state index in [4.69, 9.17) is 22.8 Å². The summed E-state index contributed by atoms with van der Waals surface area (Å²) in [7, 11) is 5.96. The van der Waals surface area contributed by atoms with Crippen LogP contribution in [0, 0.1) is 5.92 Å². The van der Waals surface area contributed by atoms with Gasteiger partial charge in [-0.3, -0.25) is 0 Å². The third-order valence-corrected chi connectivity index (χ3v) is 4.50. The highest BCUT2D eigenvalue weighted by Crippen LogP contribution is 2.29. The summed E-state index contributed by atoms with van der Waals surface area (Å²) in [5.74, 6) is 2.42. The molecule has 0 spiro atoms. The van der Waals surface area contributed by atoms with E-state index in [0.29, 0.717) is 23.0 Å². The molecule has 26 heavy (non-hydrogen) atoms. The van der Waals surface area contributed by atoms with Crippen molar-refractivity contribution >= 4 is 18.9 Å². The zero-order chi connectivity index (χ0) is 17.9. The number of hydrogen-bond acceptors (Lipinski definition) is 3. The summed E-state index contributed by atoms with van der Waals surface area (Å²) in [5.41, 5.74) is 3.70. The SMILES string of the molecule is [B]c1cccc(-c2nc(C3=CC=CCC3C)nc(-c3ccccc3)n2)c1. The third kappa shape index (κ3) is 3.36. The Hall–Kier alpha value is -3.01. The largest absolute Gasteiger partial charge is 0.209 e. The molecule has 0 fully saturated rings. The van der Waals surface area contributed by atoms with Gasteiger partial charge in [-0.05, 0) is 12.3 Å². The average molecular weight is 335 g/mol. The van der Waals surface area contributed by atoms with Gasteiger partial charge in [0.2, 0.25) is 0 Å². The van der Waals surface area contributed by atoms with Crippen molar-refractivity contribution in [2.24, 2.45) is 5.92 Å². The average Bonchev–Trinajstić information content (AvgIpc) is 2.69. The molecular formula is C22H18BN3. The first-order valence-corrected chi connectivity index (χ1v) is 8.75. The minimum Gasteiger partial charge on any atom is -0.209 e. The number of hydrogen-bond donors (Lipinski definition) is 0. The van der Waals surface area contributed by atoms with Crippen molar-refractivity contribution in [1.82, 2.24) is 15.0 Å². The van der Waals surface area contributed by atoms with Gasteiger partial charge in [0.1, 0.15) is 7.85 Å². The molecular weight excluding hydrogens is 317 g/mol. The smallest absolute Gasteiger partial charge is 0.164 e. The summed E-state index contributed by atoms with van der Waals surface area (Å²) in [6, 6.07) is 17.6. The van der Waals surface area contributed by atoms with Crippen LogP contribution in [0.2, 0.25) is 0 Å². The van der Waals surface area contributed by atoms with Gasteiger partial charge in [0, 0.05) is 16.7 Å². The molecule has 0 N–H and O–H groups in total. The Labute approximate surface area is 155 Å². The Morgan fingerprint density at radius 3 is 2.27 bits per heavy atom. The fourth-order valence-corrected chi connectivity index (χ4v) is 3.07. The molecule has 0 saturated heterocycles. The molecule has 0 bridgehead atoms. The van der Waals surface area contributed by atoms with Gasteiger partial charge >= 0.3 is 0 Å². The van der Waals surface area contributed by atoms with E-state index in [2.05, 4.69) is 25.2 Å². The van der Waals surface area contributed by atoms with Crippen molar-refractivity contribution in [3.8, 4) is 22.8 Å². The van der Waals surface area contributed by atoms with Crippen LogP contribution in [0.1, 0.15) is 19.2 Å². The van der Waals surface area contributed by atoms with E-state index in [-0.39, 0.29) is 0 Å². The highest BCUT2D eigenvalue weighted by atomic mass is 15.0. The Kier molecular flexibility index (Phi) is 4.49. The molecule has 3 aromatic rings. The normalized spacial score (nSPS) is 16.3. The van der Waals surface area contributed by atoms with Gasteiger partial charge in [-0.25, -0.2) is 15.0 Å². The number of benzene rings is 2. The van der Waals surface area contributed by atoms with Crippen LogP contribution in [0.15, 0.2) is 72.8 Å². The molecule has 2 aromatic carbocycles. The first-order chi connectivity index (χ1) is 12.7. The van der Waals surface area contributed by atoms with Gasteiger partial charge in [0.05, 0.1) is 0 Å². The van der Waals surface area contributed by atoms with Crippen LogP contribution in [0.4, 0.5) is 0 Å².